The van der Waals surface area contributed by atoms with E-state index >= 15 is 0 Å². The van der Waals surface area contributed by atoms with Crippen molar-refractivity contribution in [2.45, 2.75) is 170 Å². The van der Waals surface area contributed by atoms with E-state index in [1.165, 1.54) is 6.08 Å². The molecule has 0 aromatic heterocycles. The Hall–Kier alpha value is -2.44. The maximum atomic E-state index is 13.2. The third-order valence-corrected chi connectivity index (χ3v) is 10.2. The molecule has 0 unspecified atom stereocenters. The van der Waals surface area contributed by atoms with Crippen molar-refractivity contribution < 1.29 is 90.3 Å². The summed E-state index contributed by atoms with van der Waals surface area (Å²) in [6.07, 6.45) is -15.4. The zero-order valence-corrected chi connectivity index (χ0v) is 36.7. The van der Waals surface area contributed by atoms with Crippen LogP contribution in [0.1, 0.15) is 62.3 Å². The Morgan fingerprint density at radius 3 is 1.90 bits per heavy atom. The Balaban J connectivity index is 1.50. The van der Waals surface area contributed by atoms with Gasteiger partial charge in [-0.2, -0.15) is 0 Å². The fraction of sp³-hybridized carbons (Fsp3) is 0.811. The molecule has 5 aliphatic rings. The van der Waals surface area contributed by atoms with Crippen LogP contribution in [0.15, 0.2) is 12.7 Å². The van der Waals surface area contributed by atoms with Crippen LogP contribution in [0.3, 0.4) is 0 Å². The molecular weight excluding hydrogens is 869 g/mol. The highest BCUT2D eigenvalue weighted by Gasteiger charge is 2.61. The first-order valence-corrected chi connectivity index (χ1v) is 20.2. The molecule has 0 saturated carbocycles. The van der Waals surface area contributed by atoms with E-state index in [1.54, 1.807) is 34.6 Å². The number of nitrogens with one attached hydrogen (secondary N) is 1. The molecule has 0 radical (unpaired) electrons. The molecule has 1 amide bonds. The smallest absolute Gasteiger partial charge is 0.303 e. The van der Waals surface area contributed by atoms with Crippen molar-refractivity contribution in [2.24, 2.45) is 0 Å². The van der Waals surface area contributed by atoms with E-state index in [4.69, 9.17) is 101 Å². The SMILES string of the molecule is C=CCO[C@@H]1O[C@@H]2COC(C)(C)O[C@H]2[C@H](O[C@@H]2O[C@@H](C)[C@H](O[C@H]3O[C@H](COC(C)=O)[C@@H](OC(C)=O)[C@H](OC(C)=O)[C@H]3OC(C)=O)[C@H]3OC(C)(C)O[C@@H]23)[C@H]1NC(=O)C(Cl)(Cl)Cl. The highest BCUT2D eigenvalue weighted by Crippen LogP contribution is 2.43. The molecule has 5 heterocycles. The summed E-state index contributed by atoms with van der Waals surface area (Å²) in [4.78, 5) is 62.3. The highest BCUT2D eigenvalue weighted by molar-refractivity contribution is 6.76. The Morgan fingerprint density at radius 2 is 1.30 bits per heavy atom. The van der Waals surface area contributed by atoms with E-state index in [0.29, 0.717) is 0 Å². The summed E-state index contributed by atoms with van der Waals surface area (Å²) in [6.45, 7) is 16.0. The minimum Gasteiger partial charge on any atom is -0.463 e. The predicted molar refractivity (Wildman–Crippen MR) is 202 cm³/mol. The Kier molecular flexibility index (Phi) is 15.8. The summed E-state index contributed by atoms with van der Waals surface area (Å²) in [5, 5.41) is 2.67. The third kappa shape index (κ3) is 12.0. The average molecular weight is 921 g/mol. The Bertz CT molecular complexity index is 1590. The topological polar surface area (TPSA) is 227 Å². The van der Waals surface area contributed by atoms with Gasteiger partial charge in [-0.3, -0.25) is 24.0 Å². The van der Waals surface area contributed by atoms with Crippen LogP contribution < -0.4 is 5.32 Å². The van der Waals surface area contributed by atoms with E-state index in [9.17, 15) is 24.0 Å². The minimum absolute atomic E-state index is 0.00676. The Labute approximate surface area is 361 Å². The van der Waals surface area contributed by atoms with E-state index in [2.05, 4.69) is 11.9 Å². The van der Waals surface area contributed by atoms with Gasteiger partial charge in [0.1, 0.15) is 55.4 Å². The number of rotatable bonds is 13. The van der Waals surface area contributed by atoms with Gasteiger partial charge >= 0.3 is 23.9 Å². The lowest BCUT2D eigenvalue weighted by Gasteiger charge is -2.52. The van der Waals surface area contributed by atoms with Crippen LogP contribution in [-0.4, -0.2) is 157 Å². The van der Waals surface area contributed by atoms with Crippen molar-refractivity contribution in [1.29, 1.82) is 0 Å². The number of alkyl halides is 3. The van der Waals surface area contributed by atoms with Gasteiger partial charge in [0.25, 0.3) is 9.70 Å². The standard InChI is InChI=1S/C37H52Cl3NO19/c1-11-12-47-31-22(41-34(46)37(38,39)40)26(25-21(54-31)14-49-35(7,8)58-25)57-33-30-28(59-36(9,10)60-30)23(15(2)50-33)56-32-29(53-19(6)45)27(52-18(5)44)24(51-17(4)43)20(55-32)13-48-16(3)42/h11,15,20-33H,1,12-14H2,2-10H3,(H,41,46)/t15-,20+,21+,22+,23-,24+,25+,26+,27-,28+,29+,30+,31+,32+,33-/m0/s1. The molecule has 15 atom stereocenters. The number of ether oxygens (including phenoxy) is 14. The summed E-state index contributed by atoms with van der Waals surface area (Å²) >= 11 is 18.0. The van der Waals surface area contributed by atoms with Gasteiger partial charge in [0.2, 0.25) is 0 Å². The quantitative estimate of drug-likeness (QED) is 0.121. The van der Waals surface area contributed by atoms with Gasteiger partial charge in [-0.1, -0.05) is 40.9 Å². The van der Waals surface area contributed by atoms with Gasteiger partial charge in [0, 0.05) is 27.7 Å². The zero-order valence-electron chi connectivity index (χ0n) is 34.5. The lowest BCUT2D eigenvalue weighted by Crippen LogP contribution is -2.71. The normalized spacial score (nSPS) is 38.3. The van der Waals surface area contributed by atoms with Crippen molar-refractivity contribution in [1.82, 2.24) is 5.32 Å². The van der Waals surface area contributed by atoms with Crippen molar-refractivity contribution in [3.05, 3.63) is 12.7 Å². The van der Waals surface area contributed by atoms with E-state index in [1.807, 2.05) is 0 Å². The summed E-state index contributed by atoms with van der Waals surface area (Å²) in [5.41, 5.74) is 0. The molecule has 0 aromatic rings. The van der Waals surface area contributed by atoms with Crippen LogP contribution in [0, 0.1) is 0 Å². The van der Waals surface area contributed by atoms with Crippen molar-refractivity contribution in [3.63, 3.8) is 0 Å². The first-order chi connectivity index (χ1) is 27.9. The molecule has 5 fully saturated rings. The second kappa shape index (κ2) is 19.5. The van der Waals surface area contributed by atoms with Gasteiger partial charge in [0.05, 0.1) is 19.3 Å². The molecule has 5 aliphatic heterocycles. The average Bonchev–Trinajstić information content (AvgIpc) is 3.45. The van der Waals surface area contributed by atoms with E-state index in [-0.39, 0.29) is 13.2 Å². The van der Waals surface area contributed by atoms with E-state index in [0.717, 1.165) is 27.7 Å². The first kappa shape index (κ1) is 48.6. The fourth-order valence-electron chi connectivity index (χ4n) is 7.50. The number of hydrogen-bond acceptors (Lipinski definition) is 19. The summed E-state index contributed by atoms with van der Waals surface area (Å²) < 4.78 is 82.6. The lowest BCUT2D eigenvalue weighted by atomic mass is 9.94. The molecule has 340 valence electrons. The van der Waals surface area contributed by atoms with Gasteiger partial charge < -0.3 is 71.6 Å². The molecule has 1 N–H and O–H groups in total. The van der Waals surface area contributed by atoms with Gasteiger partial charge in [-0.15, -0.1) is 6.58 Å². The number of fused-ring (bicyclic) bond motifs is 2. The van der Waals surface area contributed by atoms with Gasteiger partial charge in [-0.25, -0.2) is 0 Å². The first-order valence-electron chi connectivity index (χ1n) is 19.1. The number of amides is 1. The van der Waals surface area contributed by atoms with Crippen molar-refractivity contribution in [3.8, 4) is 0 Å². The molecule has 5 saturated heterocycles. The van der Waals surface area contributed by atoms with Crippen molar-refractivity contribution >= 4 is 64.6 Å². The molecule has 5 rings (SSSR count). The van der Waals surface area contributed by atoms with Crippen LogP contribution in [0.4, 0.5) is 0 Å². The molecule has 0 bridgehead atoms. The molecule has 0 spiro atoms. The number of halogens is 3. The van der Waals surface area contributed by atoms with Crippen LogP contribution in [0.2, 0.25) is 0 Å². The zero-order chi connectivity index (χ0) is 44.5. The number of hydrogen-bond donors (Lipinski definition) is 1. The third-order valence-electron chi connectivity index (χ3n) is 9.69. The molecule has 0 aliphatic carbocycles. The fourth-order valence-corrected chi connectivity index (χ4v) is 7.66. The second-order valence-electron chi connectivity index (χ2n) is 15.5. The van der Waals surface area contributed by atoms with Crippen LogP contribution in [0.25, 0.3) is 0 Å². The van der Waals surface area contributed by atoms with Crippen LogP contribution in [-0.2, 0) is 90.3 Å². The van der Waals surface area contributed by atoms with Crippen LogP contribution >= 0.6 is 34.8 Å². The molecule has 0 aromatic carbocycles. The molecule has 60 heavy (non-hydrogen) atoms. The predicted octanol–water partition coefficient (Wildman–Crippen LogP) is 2.04. The summed E-state index contributed by atoms with van der Waals surface area (Å²) in [5.74, 6) is -6.55. The number of carbonyl (C=O) groups excluding carboxylic acids is 5. The molecular formula is C37H52Cl3NO19. The lowest BCUT2D eigenvalue weighted by molar-refractivity contribution is -0.393. The monoisotopic (exact) mass is 919 g/mol. The Morgan fingerprint density at radius 1 is 0.717 bits per heavy atom. The van der Waals surface area contributed by atoms with Gasteiger partial charge in [0.15, 0.2) is 48.8 Å². The number of esters is 4. The largest absolute Gasteiger partial charge is 0.463 e. The molecule has 20 nitrogen and oxygen atoms in total. The summed E-state index contributed by atoms with van der Waals surface area (Å²) in [6, 6.07) is -1.19. The molecule has 23 heteroatoms. The number of carbonyl (C=O) groups is 5. The maximum absolute atomic E-state index is 13.2. The van der Waals surface area contributed by atoms with Crippen molar-refractivity contribution in [2.75, 3.05) is 19.8 Å². The summed E-state index contributed by atoms with van der Waals surface area (Å²) in [7, 11) is 0. The highest BCUT2D eigenvalue weighted by atomic mass is 35.6. The van der Waals surface area contributed by atoms with Gasteiger partial charge in [-0.05, 0) is 34.6 Å². The van der Waals surface area contributed by atoms with Crippen LogP contribution in [0.5, 0.6) is 0 Å². The maximum Gasteiger partial charge on any atom is 0.303 e. The second-order valence-corrected chi connectivity index (χ2v) is 17.8. The minimum atomic E-state index is -2.40. The van der Waals surface area contributed by atoms with E-state index < -0.39 is 144 Å².